The standard InChI is InChI=1S/C24H23ClF3N3O4S/c1-34-17-7-2-14(3-8-17)13-31-22(21(23(32)33)29-30-31)36-18-9-4-15(5-10-18)19-12-16(25)6-11-20(19)35-24(26,27)28/h2-3,6-8,11-12,15,18H,4-5,9-10,13H2,1H3,(H,32,33). The second-order valence-corrected chi connectivity index (χ2v) is 10.1. The molecule has 1 N–H and O–H groups in total. The van der Waals surface area contributed by atoms with Gasteiger partial charge in [0.2, 0.25) is 5.69 Å². The summed E-state index contributed by atoms with van der Waals surface area (Å²) in [5.41, 5.74) is 1.22. The number of carboxylic acid groups (broad SMARTS) is 1. The summed E-state index contributed by atoms with van der Waals surface area (Å²) in [5, 5.41) is 18.4. The SMILES string of the molecule is COc1ccc(Cn2nnc(C(=O)O)c2SC2CCC(c3cc(Cl)ccc3OC(F)(F)F)CC2)cc1. The van der Waals surface area contributed by atoms with Gasteiger partial charge in [0.1, 0.15) is 16.5 Å². The fourth-order valence-corrected chi connectivity index (χ4v) is 5.73. The van der Waals surface area contributed by atoms with Crippen molar-refractivity contribution in [3.8, 4) is 11.5 Å². The molecule has 192 valence electrons. The third-order valence-electron chi connectivity index (χ3n) is 5.97. The van der Waals surface area contributed by atoms with Crippen molar-refractivity contribution in [2.45, 2.75) is 54.8 Å². The third kappa shape index (κ3) is 6.44. The van der Waals surface area contributed by atoms with Crippen LogP contribution in [0.1, 0.15) is 53.2 Å². The summed E-state index contributed by atoms with van der Waals surface area (Å²) < 4.78 is 49.6. The Labute approximate surface area is 214 Å². The van der Waals surface area contributed by atoms with Crippen LogP contribution < -0.4 is 9.47 Å². The van der Waals surface area contributed by atoms with Crippen LogP contribution >= 0.6 is 23.4 Å². The predicted molar refractivity (Wildman–Crippen MR) is 128 cm³/mol. The van der Waals surface area contributed by atoms with Crippen molar-refractivity contribution in [3.05, 3.63) is 64.3 Å². The summed E-state index contributed by atoms with van der Waals surface area (Å²) >= 11 is 7.45. The zero-order valence-corrected chi connectivity index (χ0v) is 20.7. The van der Waals surface area contributed by atoms with Crippen molar-refractivity contribution in [1.82, 2.24) is 15.0 Å². The summed E-state index contributed by atoms with van der Waals surface area (Å²) in [6.45, 7) is 0.336. The Morgan fingerprint density at radius 1 is 1.17 bits per heavy atom. The average Bonchev–Trinajstić information content (AvgIpc) is 3.22. The van der Waals surface area contributed by atoms with E-state index in [9.17, 15) is 23.1 Å². The van der Waals surface area contributed by atoms with Gasteiger partial charge in [0.05, 0.1) is 13.7 Å². The van der Waals surface area contributed by atoms with Gasteiger partial charge in [-0.1, -0.05) is 28.9 Å². The van der Waals surface area contributed by atoms with Crippen molar-refractivity contribution in [2.75, 3.05) is 7.11 Å². The number of carbonyl (C=O) groups is 1. The van der Waals surface area contributed by atoms with E-state index in [2.05, 4.69) is 15.0 Å². The maximum atomic E-state index is 12.9. The number of ether oxygens (including phenoxy) is 2. The highest BCUT2D eigenvalue weighted by Crippen LogP contribution is 2.44. The minimum atomic E-state index is -4.79. The van der Waals surface area contributed by atoms with E-state index in [1.165, 1.54) is 30.0 Å². The van der Waals surface area contributed by atoms with Crippen LogP contribution in [0.5, 0.6) is 11.5 Å². The first-order valence-electron chi connectivity index (χ1n) is 11.1. The molecule has 3 aromatic rings. The normalized spacial score (nSPS) is 18.1. The van der Waals surface area contributed by atoms with Gasteiger partial charge in [0, 0.05) is 10.3 Å². The summed E-state index contributed by atoms with van der Waals surface area (Å²) in [6, 6.07) is 11.5. The molecule has 12 heteroatoms. The number of nitrogens with zero attached hydrogens (tertiary/aromatic N) is 3. The number of aromatic carboxylic acids is 1. The molecular weight excluding hydrogens is 519 g/mol. The Kier molecular flexibility index (Phi) is 7.99. The summed E-state index contributed by atoms with van der Waals surface area (Å²) in [5.74, 6) is -0.851. The zero-order chi connectivity index (χ0) is 25.9. The monoisotopic (exact) mass is 541 g/mol. The number of benzene rings is 2. The molecule has 1 aliphatic rings. The molecule has 1 fully saturated rings. The molecule has 7 nitrogen and oxygen atoms in total. The number of rotatable bonds is 8. The van der Waals surface area contributed by atoms with Crippen LogP contribution in [-0.4, -0.2) is 44.8 Å². The highest BCUT2D eigenvalue weighted by atomic mass is 35.5. The van der Waals surface area contributed by atoms with Crippen LogP contribution in [0.3, 0.4) is 0 Å². The minimum absolute atomic E-state index is 0.0543. The van der Waals surface area contributed by atoms with E-state index < -0.39 is 12.3 Å². The van der Waals surface area contributed by atoms with Crippen molar-refractivity contribution < 1.29 is 32.5 Å². The van der Waals surface area contributed by atoms with Crippen LogP contribution in [0, 0.1) is 0 Å². The number of aromatic nitrogens is 3. The molecule has 1 aromatic heterocycles. The number of methoxy groups -OCH3 is 1. The van der Waals surface area contributed by atoms with E-state index in [0.717, 1.165) is 5.56 Å². The number of thioether (sulfide) groups is 1. The quantitative estimate of drug-likeness (QED) is 0.353. The van der Waals surface area contributed by atoms with Crippen LogP contribution in [0.2, 0.25) is 5.02 Å². The average molecular weight is 542 g/mol. The fourth-order valence-electron chi connectivity index (χ4n) is 4.27. The number of halogens is 4. The molecule has 4 rings (SSSR count). The largest absolute Gasteiger partial charge is 0.573 e. The highest BCUT2D eigenvalue weighted by Gasteiger charge is 2.34. The number of alkyl halides is 3. The Bertz CT molecular complexity index is 1210. The molecule has 0 amide bonds. The molecule has 0 spiro atoms. The van der Waals surface area contributed by atoms with Crippen LogP contribution in [0.15, 0.2) is 47.5 Å². The van der Waals surface area contributed by atoms with E-state index in [1.54, 1.807) is 11.8 Å². The lowest BCUT2D eigenvalue weighted by Gasteiger charge is -2.29. The molecule has 0 radical (unpaired) electrons. The van der Waals surface area contributed by atoms with E-state index in [0.29, 0.717) is 53.6 Å². The molecular formula is C24H23ClF3N3O4S. The van der Waals surface area contributed by atoms with Gasteiger partial charge in [-0.2, -0.15) is 0 Å². The minimum Gasteiger partial charge on any atom is -0.497 e. The van der Waals surface area contributed by atoms with Crippen LogP contribution in [-0.2, 0) is 6.54 Å². The first kappa shape index (κ1) is 26.2. The number of carboxylic acids is 1. The van der Waals surface area contributed by atoms with Gasteiger partial charge in [-0.25, -0.2) is 9.48 Å². The van der Waals surface area contributed by atoms with Crippen molar-refractivity contribution in [2.24, 2.45) is 0 Å². The second kappa shape index (κ2) is 11.0. The maximum Gasteiger partial charge on any atom is 0.573 e. The Hall–Kier alpha value is -2.92. The number of hydrogen-bond acceptors (Lipinski definition) is 6. The molecule has 0 aliphatic heterocycles. The number of hydrogen-bond donors (Lipinski definition) is 1. The molecule has 1 saturated carbocycles. The van der Waals surface area contributed by atoms with Gasteiger partial charge in [-0.15, -0.1) is 30.0 Å². The lowest BCUT2D eigenvalue weighted by molar-refractivity contribution is -0.275. The van der Waals surface area contributed by atoms with Gasteiger partial charge in [0.15, 0.2) is 0 Å². The fraction of sp³-hybridized carbons (Fsp3) is 0.375. The maximum absolute atomic E-state index is 12.9. The van der Waals surface area contributed by atoms with Gasteiger partial charge in [0.25, 0.3) is 0 Å². The van der Waals surface area contributed by atoms with Gasteiger partial charge < -0.3 is 14.6 Å². The first-order valence-corrected chi connectivity index (χ1v) is 12.4. The van der Waals surface area contributed by atoms with Crippen molar-refractivity contribution >= 4 is 29.3 Å². The second-order valence-electron chi connectivity index (χ2n) is 8.38. The molecule has 0 atom stereocenters. The lowest BCUT2D eigenvalue weighted by atomic mass is 9.83. The molecule has 2 aromatic carbocycles. The highest BCUT2D eigenvalue weighted by molar-refractivity contribution is 7.99. The topological polar surface area (TPSA) is 86.5 Å². The van der Waals surface area contributed by atoms with Gasteiger partial charge in [-0.05, 0) is 73.1 Å². The summed E-state index contributed by atoms with van der Waals surface area (Å²) in [4.78, 5) is 11.8. The van der Waals surface area contributed by atoms with E-state index in [4.69, 9.17) is 16.3 Å². The van der Waals surface area contributed by atoms with Crippen molar-refractivity contribution in [3.63, 3.8) is 0 Å². The van der Waals surface area contributed by atoms with Gasteiger partial charge in [-0.3, -0.25) is 0 Å². The van der Waals surface area contributed by atoms with Crippen LogP contribution in [0.25, 0.3) is 0 Å². The molecule has 1 aliphatic carbocycles. The Morgan fingerprint density at radius 3 is 2.47 bits per heavy atom. The van der Waals surface area contributed by atoms with Crippen LogP contribution in [0.4, 0.5) is 13.2 Å². The molecule has 0 bridgehead atoms. The van der Waals surface area contributed by atoms with E-state index >= 15 is 0 Å². The lowest BCUT2D eigenvalue weighted by Crippen LogP contribution is -2.21. The molecule has 1 heterocycles. The zero-order valence-electron chi connectivity index (χ0n) is 19.2. The first-order chi connectivity index (χ1) is 17.1. The summed E-state index contributed by atoms with van der Waals surface area (Å²) in [7, 11) is 1.57. The van der Waals surface area contributed by atoms with Crippen molar-refractivity contribution in [1.29, 1.82) is 0 Å². The molecule has 0 unspecified atom stereocenters. The third-order valence-corrected chi connectivity index (χ3v) is 7.64. The van der Waals surface area contributed by atoms with E-state index in [1.807, 2.05) is 24.3 Å². The molecule has 36 heavy (non-hydrogen) atoms. The smallest absolute Gasteiger partial charge is 0.497 e. The van der Waals surface area contributed by atoms with Gasteiger partial charge >= 0.3 is 12.3 Å². The molecule has 0 saturated heterocycles. The Morgan fingerprint density at radius 2 is 1.86 bits per heavy atom. The predicted octanol–water partition coefficient (Wildman–Crippen LogP) is 6.40. The Balaban J connectivity index is 1.47. The summed E-state index contributed by atoms with van der Waals surface area (Å²) in [6.07, 6.45) is -2.25. The van der Waals surface area contributed by atoms with E-state index in [-0.39, 0.29) is 22.6 Å².